The highest BCUT2D eigenvalue weighted by atomic mass is 16.5. The Hall–Kier alpha value is -2.95. The second-order valence-electron chi connectivity index (χ2n) is 12.3. The molecule has 0 aliphatic carbocycles. The maximum Gasteiger partial charge on any atom is 0.243 e. The summed E-state index contributed by atoms with van der Waals surface area (Å²) in [6.45, 7) is 19.1. The number of likely N-dealkylation sites (tertiary alicyclic amines) is 2. The fraction of sp³-hybridized carbons (Fsp3) is 0.694. The molecule has 2 aliphatic rings. The standard InChI is InChI=1S/C32H49N5O5.2C2H6/c1-6-37-28(9-13-33-37)24-7-8-26(30(17-24)42-16-12-23-10-14-35(5)15-11-23)27(20-38)34-31(40)29-18-25(39)19-36(29)32(41)22(4)21(2)3;2*1-2/h7-9,13,17,21-23,25,27,29,38-39H,6,10-12,14-16,18-20H2,1-5H3,(H,34,40);2*1-2H3. The monoisotopic (exact) mass is 643 g/mol. The first-order valence-corrected chi connectivity index (χ1v) is 17.5. The first kappa shape index (κ1) is 39.2. The number of aryl methyl sites for hydroxylation is 1. The molecule has 3 heterocycles. The van der Waals surface area contributed by atoms with Crippen molar-refractivity contribution in [1.29, 1.82) is 0 Å². The third kappa shape index (κ3) is 10.3. The van der Waals surface area contributed by atoms with Gasteiger partial charge in [0.05, 0.1) is 31.1 Å². The SMILES string of the molecule is CC.CC.CCn1nccc1-c1ccc(C(CO)NC(=O)C2CC(O)CN2C(=O)C(C)C(C)C)c(OCCC2CCN(C)CC2)c1. The van der Waals surface area contributed by atoms with Crippen LogP contribution in [-0.2, 0) is 16.1 Å². The second-order valence-corrected chi connectivity index (χ2v) is 12.3. The topological polar surface area (TPSA) is 120 Å². The van der Waals surface area contributed by atoms with Crippen molar-refractivity contribution in [3.05, 3.63) is 36.0 Å². The Kier molecular flexibility index (Phi) is 16.8. The average molecular weight is 644 g/mol. The van der Waals surface area contributed by atoms with Gasteiger partial charge in [-0.3, -0.25) is 14.3 Å². The van der Waals surface area contributed by atoms with Gasteiger partial charge in [-0.05, 0) is 70.3 Å². The van der Waals surface area contributed by atoms with Crippen LogP contribution in [0.5, 0.6) is 5.75 Å². The van der Waals surface area contributed by atoms with E-state index in [1.54, 1.807) is 6.20 Å². The quantitative estimate of drug-likeness (QED) is 0.293. The Balaban J connectivity index is 0.00000177. The number of carbonyl (C=O) groups is 2. The summed E-state index contributed by atoms with van der Waals surface area (Å²) in [6.07, 6.45) is 4.41. The number of rotatable bonds is 12. The molecule has 4 rings (SSSR count). The molecule has 10 heteroatoms. The maximum absolute atomic E-state index is 13.6. The number of aromatic nitrogens is 2. The van der Waals surface area contributed by atoms with Crippen LogP contribution in [0.15, 0.2) is 30.5 Å². The van der Waals surface area contributed by atoms with Crippen LogP contribution in [0.25, 0.3) is 11.3 Å². The number of hydrogen-bond acceptors (Lipinski definition) is 7. The van der Waals surface area contributed by atoms with Crippen molar-refractivity contribution in [2.24, 2.45) is 17.8 Å². The van der Waals surface area contributed by atoms with Crippen LogP contribution in [-0.4, -0.2) is 93.6 Å². The lowest BCUT2D eigenvalue weighted by Gasteiger charge is -2.30. The van der Waals surface area contributed by atoms with E-state index in [9.17, 15) is 19.8 Å². The van der Waals surface area contributed by atoms with Crippen LogP contribution in [0.4, 0.5) is 0 Å². The van der Waals surface area contributed by atoms with Crippen LogP contribution < -0.4 is 10.1 Å². The van der Waals surface area contributed by atoms with Gasteiger partial charge in [0.15, 0.2) is 0 Å². The minimum Gasteiger partial charge on any atom is -0.493 e. The number of benzene rings is 1. The van der Waals surface area contributed by atoms with Gasteiger partial charge in [-0.25, -0.2) is 0 Å². The number of hydrogen-bond donors (Lipinski definition) is 3. The van der Waals surface area contributed by atoms with Crippen molar-refractivity contribution < 1.29 is 24.5 Å². The lowest BCUT2D eigenvalue weighted by Crippen LogP contribution is -2.49. The van der Waals surface area contributed by atoms with Crippen molar-refractivity contribution in [3.8, 4) is 17.0 Å². The highest BCUT2D eigenvalue weighted by molar-refractivity contribution is 5.89. The molecular weight excluding hydrogens is 582 g/mol. The Morgan fingerprint density at radius 2 is 1.76 bits per heavy atom. The Labute approximate surface area is 277 Å². The number of piperidine rings is 1. The zero-order valence-electron chi connectivity index (χ0n) is 29.8. The number of β-amino-alcohol motifs (C(OH)–C–C–N with tert-alkyl or cyclic N) is 1. The molecule has 3 N–H and O–H groups in total. The number of ether oxygens (including phenoxy) is 1. The summed E-state index contributed by atoms with van der Waals surface area (Å²) in [5.41, 5.74) is 2.57. The molecule has 260 valence electrons. The number of aliphatic hydroxyl groups excluding tert-OH is 2. The smallest absolute Gasteiger partial charge is 0.243 e. The van der Waals surface area contributed by atoms with Gasteiger partial charge in [-0.1, -0.05) is 60.6 Å². The number of amides is 2. The molecular formula is C36H61N5O5. The van der Waals surface area contributed by atoms with Crippen LogP contribution in [0.2, 0.25) is 0 Å². The van der Waals surface area contributed by atoms with Crippen LogP contribution in [0.3, 0.4) is 0 Å². The summed E-state index contributed by atoms with van der Waals surface area (Å²) >= 11 is 0. The highest BCUT2D eigenvalue weighted by Crippen LogP contribution is 2.33. The molecule has 0 saturated carbocycles. The largest absolute Gasteiger partial charge is 0.493 e. The molecule has 2 aliphatic heterocycles. The summed E-state index contributed by atoms with van der Waals surface area (Å²) in [5.74, 6) is 0.524. The Morgan fingerprint density at radius 1 is 1.09 bits per heavy atom. The Morgan fingerprint density at radius 3 is 2.37 bits per heavy atom. The fourth-order valence-electron chi connectivity index (χ4n) is 5.97. The van der Waals surface area contributed by atoms with E-state index in [-0.39, 0.29) is 43.2 Å². The molecule has 1 aromatic carbocycles. The Bertz CT molecular complexity index is 1190. The van der Waals surface area contributed by atoms with Crippen LogP contribution in [0.1, 0.15) is 92.7 Å². The van der Waals surface area contributed by atoms with Crippen LogP contribution >= 0.6 is 0 Å². The summed E-state index contributed by atoms with van der Waals surface area (Å²) in [4.78, 5) is 30.6. The zero-order valence-corrected chi connectivity index (χ0v) is 29.8. The van der Waals surface area contributed by atoms with Gasteiger partial charge in [0.25, 0.3) is 0 Å². The van der Waals surface area contributed by atoms with E-state index in [1.165, 1.54) is 4.90 Å². The van der Waals surface area contributed by atoms with E-state index in [4.69, 9.17) is 4.74 Å². The van der Waals surface area contributed by atoms with E-state index < -0.39 is 18.2 Å². The van der Waals surface area contributed by atoms with Crippen molar-refractivity contribution in [1.82, 2.24) is 24.9 Å². The van der Waals surface area contributed by atoms with Gasteiger partial charge in [0.2, 0.25) is 11.8 Å². The van der Waals surface area contributed by atoms with Gasteiger partial charge in [0, 0.05) is 42.8 Å². The van der Waals surface area contributed by atoms with Gasteiger partial charge in [0.1, 0.15) is 11.8 Å². The minimum absolute atomic E-state index is 0.112. The molecule has 0 bridgehead atoms. The number of aliphatic hydroxyl groups is 2. The fourth-order valence-corrected chi connectivity index (χ4v) is 5.97. The first-order valence-electron chi connectivity index (χ1n) is 17.5. The average Bonchev–Trinajstić information content (AvgIpc) is 3.72. The molecule has 2 saturated heterocycles. The third-order valence-corrected chi connectivity index (χ3v) is 9.08. The van der Waals surface area contributed by atoms with E-state index >= 15 is 0 Å². The predicted octanol–water partition coefficient (Wildman–Crippen LogP) is 5.14. The molecule has 0 radical (unpaired) electrons. The highest BCUT2D eigenvalue weighted by Gasteiger charge is 2.41. The van der Waals surface area contributed by atoms with Crippen molar-refractivity contribution in [2.45, 2.75) is 106 Å². The first-order chi connectivity index (χ1) is 22.1. The van der Waals surface area contributed by atoms with E-state index in [2.05, 4.69) is 22.4 Å². The van der Waals surface area contributed by atoms with E-state index in [1.807, 2.05) is 84.3 Å². The molecule has 1 aromatic heterocycles. The lowest BCUT2D eigenvalue weighted by molar-refractivity contribution is -0.142. The minimum atomic E-state index is -0.797. The van der Waals surface area contributed by atoms with Crippen molar-refractivity contribution >= 4 is 11.8 Å². The molecule has 0 spiro atoms. The predicted molar refractivity (Wildman–Crippen MR) is 184 cm³/mol. The summed E-state index contributed by atoms with van der Waals surface area (Å²) in [5, 5.41) is 28.2. The molecule has 2 amide bonds. The molecule has 46 heavy (non-hydrogen) atoms. The lowest BCUT2D eigenvalue weighted by atomic mass is 9.94. The summed E-state index contributed by atoms with van der Waals surface area (Å²) < 4.78 is 8.31. The zero-order chi connectivity index (χ0) is 34.4. The van der Waals surface area contributed by atoms with Crippen molar-refractivity contribution in [2.75, 3.05) is 39.9 Å². The molecule has 4 unspecified atom stereocenters. The summed E-state index contributed by atoms with van der Waals surface area (Å²) in [6, 6.07) is 6.23. The third-order valence-electron chi connectivity index (χ3n) is 9.08. The van der Waals surface area contributed by atoms with Gasteiger partial charge >= 0.3 is 0 Å². The number of nitrogens with one attached hydrogen (secondary N) is 1. The van der Waals surface area contributed by atoms with Crippen molar-refractivity contribution in [3.63, 3.8) is 0 Å². The molecule has 10 nitrogen and oxygen atoms in total. The number of nitrogens with zero attached hydrogens (tertiary/aromatic N) is 4. The van der Waals surface area contributed by atoms with Gasteiger partial charge in [-0.2, -0.15) is 5.10 Å². The molecule has 2 fully saturated rings. The molecule has 2 aromatic rings. The van der Waals surface area contributed by atoms with E-state index in [0.717, 1.165) is 50.2 Å². The van der Waals surface area contributed by atoms with Gasteiger partial charge in [-0.15, -0.1) is 0 Å². The second kappa shape index (κ2) is 19.7. The number of carbonyl (C=O) groups excluding carboxylic acids is 2. The molecule has 4 atom stereocenters. The van der Waals surface area contributed by atoms with Gasteiger partial charge < -0.3 is 30.1 Å². The van der Waals surface area contributed by atoms with Crippen LogP contribution in [0, 0.1) is 17.8 Å². The maximum atomic E-state index is 13.6. The normalized spacial score (nSPS) is 19.9. The van der Waals surface area contributed by atoms with E-state index in [0.29, 0.717) is 23.8 Å². The summed E-state index contributed by atoms with van der Waals surface area (Å²) in [7, 11) is 2.15.